The molecule has 0 aliphatic heterocycles. The van der Waals surface area contributed by atoms with Crippen molar-refractivity contribution < 1.29 is 0 Å². The molecule has 1 unspecified atom stereocenters. The van der Waals surface area contributed by atoms with Gasteiger partial charge in [-0.1, -0.05) is 43.7 Å². The van der Waals surface area contributed by atoms with E-state index in [1.54, 1.807) is 0 Å². The van der Waals surface area contributed by atoms with Crippen molar-refractivity contribution >= 4 is 0 Å². The molecule has 0 amide bonds. The van der Waals surface area contributed by atoms with Gasteiger partial charge in [0.05, 0.1) is 12.2 Å². The van der Waals surface area contributed by atoms with Crippen LogP contribution in [0.2, 0.25) is 0 Å². The largest absolute Gasteiger partial charge is 0.312 e. The normalized spacial score (nSPS) is 16.2. The first-order valence-electron chi connectivity index (χ1n) is 7.69. The highest BCUT2D eigenvalue weighted by molar-refractivity contribution is 5.61. The summed E-state index contributed by atoms with van der Waals surface area (Å²) in [5.74, 6) is 0. The zero-order valence-corrected chi connectivity index (χ0v) is 12.1. The second-order valence-electron chi connectivity index (χ2n) is 5.70. The van der Waals surface area contributed by atoms with E-state index in [-0.39, 0.29) is 0 Å². The first kappa shape index (κ1) is 13.4. The van der Waals surface area contributed by atoms with Gasteiger partial charge in [0.1, 0.15) is 0 Å². The van der Waals surface area contributed by atoms with Gasteiger partial charge in [0.15, 0.2) is 0 Å². The summed E-state index contributed by atoms with van der Waals surface area (Å²) in [6.07, 6.45) is 9.22. The van der Waals surface area contributed by atoms with Crippen molar-refractivity contribution in [2.45, 2.75) is 44.7 Å². The van der Waals surface area contributed by atoms with Gasteiger partial charge >= 0.3 is 0 Å². The highest BCUT2D eigenvalue weighted by atomic mass is 15.3. The molecule has 0 saturated heterocycles. The van der Waals surface area contributed by atoms with Crippen LogP contribution in [0, 0.1) is 0 Å². The molecule has 1 aliphatic carbocycles. The van der Waals surface area contributed by atoms with Crippen LogP contribution in [0.1, 0.15) is 38.6 Å². The van der Waals surface area contributed by atoms with Crippen molar-refractivity contribution in [2.75, 3.05) is 6.54 Å². The minimum Gasteiger partial charge on any atom is -0.312 e. The number of benzene rings is 1. The molecule has 1 fully saturated rings. The van der Waals surface area contributed by atoms with Crippen LogP contribution in [0.4, 0.5) is 0 Å². The fraction of sp³-hybridized carbons (Fsp3) is 0.471. The zero-order valence-electron chi connectivity index (χ0n) is 12.1. The minimum absolute atomic E-state index is 0.470. The summed E-state index contributed by atoms with van der Waals surface area (Å²) in [6, 6.07) is 11.7. The lowest BCUT2D eigenvalue weighted by molar-refractivity contribution is 0.394. The van der Waals surface area contributed by atoms with Crippen molar-refractivity contribution in [3.63, 3.8) is 0 Å². The molecular formula is C17H23N3. The van der Waals surface area contributed by atoms with E-state index in [0.717, 1.165) is 12.6 Å². The summed E-state index contributed by atoms with van der Waals surface area (Å²) >= 11 is 0. The van der Waals surface area contributed by atoms with Crippen LogP contribution in [0.5, 0.6) is 0 Å². The number of hydrogen-bond acceptors (Lipinski definition) is 2. The van der Waals surface area contributed by atoms with Gasteiger partial charge in [-0.2, -0.15) is 5.10 Å². The van der Waals surface area contributed by atoms with Crippen LogP contribution in [0.3, 0.4) is 0 Å². The topological polar surface area (TPSA) is 29.9 Å². The number of hydrogen-bond donors (Lipinski definition) is 1. The molecule has 0 bridgehead atoms. The van der Waals surface area contributed by atoms with E-state index < -0.39 is 0 Å². The van der Waals surface area contributed by atoms with Crippen LogP contribution in [0.15, 0.2) is 42.7 Å². The fourth-order valence-corrected chi connectivity index (χ4v) is 2.57. The Kier molecular flexibility index (Phi) is 4.16. The third-order valence-electron chi connectivity index (χ3n) is 3.92. The maximum atomic E-state index is 4.59. The Labute approximate surface area is 121 Å². The molecule has 1 saturated carbocycles. The van der Waals surface area contributed by atoms with E-state index in [1.807, 2.05) is 12.3 Å². The number of rotatable bonds is 7. The van der Waals surface area contributed by atoms with E-state index in [4.69, 9.17) is 0 Å². The molecule has 106 valence electrons. The number of aromatic nitrogens is 2. The van der Waals surface area contributed by atoms with Gasteiger partial charge in [-0.15, -0.1) is 0 Å². The Morgan fingerprint density at radius 1 is 1.25 bits per heavy atom. The second kappa shape index (κ2) is 6.23. The molecule has 0 spiro atoms. The van der Waals surface area contributed by atoms with Gasteiger partial charge in [-0.25, -0.2) is 0 Å². The Bertz CT molecular complexity index is 528. The molecule has 1 aliphatic rings. The fourth-order valence-electron chi connectivity index (χ4n) is 2.57. The monoisotopic (exact) mass is 269 g/mol. The van der Waals surface area contributed by atoms with Crippen LogP contribution >= 0.6 is 0 Å². The molecule has 3 heteroatoms. The molecule has 1 heterocycles. The SMILES string of the molecule is CCCC(CNC1CC1)n1cc(-c2ccccc2)cn1. The molecule has 3 rings (SSSR count). The van der Waals surface area contributed by atoms with Crippen molar-refractivity contribution in [1.29, 1.82) is 0 Å². The Hall–Kier alpha value is -1.61. The quantitative estimate of drug-likeness (QED) is 0.831. The average molecular weight is 269 g/mol. The highest BCUT2D eigenvalue weighted by Gasteiger charge is 2.22. The predicted molar refractivity (Wildman–Crippen MR) is 82.6 cm³/mol. The van der Waals surface area contributed by atoms with Gasteiger partial charge in [-0.05, 0) is 24.8 Å². The zero-order chi connectivity index (χ0) is 13.8. The van der Waals surface area contributed by atoms with Gasteiger partial charge in [0.2, 0.25) is 0 Å². The molecular weight excluding hydrogens is 246 g/mol. The van der Waals surface area contributed by atoms with Crippen molar-refractivity contribution in [2.24, 2.45) is 0 Å². The molecule has 1 aromatic carbocycles. The molecule has 0 radical (unpaired) electrons. The molecule has 1 N–H and O–H groups in total. The molecule has 3 nitrogen and oxygen atoms in total. The first-order chi connectivity index (χ1) is 9.86. The van der Waals surface area contributed by atoms with Crippen LogP contribution in [-0.2, 0) is 0 Å². The minimum atomic E-state index is 0.470. The highest BCUT2D eigenvalue weighted by Crippen LogP contribution is 2.23. The molecule has 1 atom stereocenters. The summed E-state index contributed by atoms with van der Waals surface area (Å²) in [6.45, 7) is 3.28. The van der Waals surface area contributed by atoms with E-state index in [1.165, 1.54) is 36.8 Å². The van der Waals surface area contributed by atoms with Gasteiger partial charge < -0.3 is 5.32 Å². The van der Waals surface area contributed by atoms with E-state index in [9.17, 15) is 0 Å². The van der Waals surface area contributed by atoms with E-state index >= 15 is 0 Å². The van der Waals surface area contributed by atoms with Gasteiger partial charge in [-0.3, -0.25) is 4.68 Å². The van der Waals surface area contributed by atoms with Gasteiger partial charge in [0.25, 0.3) is 0 Å². The standard InChI is InChI=1S/C17H23N3/c1-2-6-17(12-18-16-9-10-16)20-13-15(11-19-20)14-7-4-3-5-8-14/h3-5,7-8,11,13,16-18H,2,6,9-10,12H2,1H3. The van der Waals surface area contributed by atoms with Crippen molar-refractivity contribution in [3.05, 3.63) is 42.7 Å². The van der Waals surface area contributed by atoms with Crippen molar-refractivity contribution in [3.8, 4) is 11.1 Å². The first-order valence-corrected chi connectivity index (χ1v) is 7.69. The molecule has 1 aromatic heterocycles. The maximum Gasteiger partial charge on any atom is 0.0643 e. The van der Waals surface area contributed by atoms with Crippen LogP contribution in [-0.4, -0.2) is 22.4 Å². The summed E-state index contributed by atoms with van der Waals surface area (Å²) in [4.78, 5) is 0. The average Bonchev–Trinajstić information content (AvgIpc) is 3.19. The third-order valence-corrected chi connectivity index (χ3v) is 3.92. The Morgan fingerprint density at radius 3 is 2.75 bits per heavy atom. The summed E-state index contributed by atoms with van der Waals surface area (Å²) in [7, 11) is 0. The Morgan fingerprint density at radius 2 is 2.05 bits per heavy atom. The van der Waals surface area contributed by atoms with Crippen LogP contribution < -0.4 is 5.32 Å². The number of nitrogens with one attached hydrogen (secondary N) is 1. The maximum absolute atomic E-state index is 4.59. The van der Waals surface area contributed by atoms with Crippen LogP contribution in [0.25, 0.3) is 11.1 Å². The summed E-state index contributed by atoms with van der Waals surface area (Å²) in [5.41, 5.74) is 2.45. The summed E-state index contributed by atoms with van der Waals surface area (Å²) in [5, 5.41) is 8.21. The Balaban J connectivity index is 1.72. The lowest BCUT2D eigenvalue weighted by Crippen LogP contribution is -2.27. The molecule has 2 aromatic rings. The smallest absolute Gasteiger partial charge is 0.0643 e. The second-order valence-corrected chi connectivity index (χ2v) is 5.70. The lowest BCUT2D eigenvalue weighted by atomic mass is 10.1. The summed E-state index contributed by atoms with van der Waals surface area (Å²) < 4.78 is 2.14. The lowest BCUT2D eigenvalue weighted by Gasteiger charge is -2.17. The number of nitrogens with zero attached hydrogens (tertiary/aromatic N) is 2. The van der Waals surface area contributed by atoms with Crippen molar-refractivity contribution in [1.82, 2.24) is 15.1 Å². The predicted octanol–water partition coefficient (Wildman–Crippen LogP) is 3.64. The van der Waals surface area contributed by atoms with E-state index in [2.05, 4.69) is 52.5 Å². The molecule has 20 heavy (non-hydrogen) atoms. The van der Waals surface area contributed by atoms with E-state index in [0.29, 0.717) is 6.04 Å². The van der Waals surface area contributed by atoms with Gasteiger partial charge in [0, 0.05) is 24.3 Å². The third kappa shape index (κ3) is 3.28.